The number of alkyl halides is 6. The molecule has 0 bridgehead atoms. The lowest BCUT2D eigenvalue weighted by atomic mass is 10.1. The lowest BCUT2D eigenvalue weighted by Crippen LogP contribution is -2.25. The first kappa shape index (κ1) is 26.9. The summed E-state index contributed by atoms with van der Waals surface area (Å²) in [5, 5.41) is 9.22. The fourth-order valence-electron chi connectivity index (χ4n) is 1.80. The van der Waals surface area contributed by atoms with Gasteiger partial charge in [0.05, 0.1) is 5.56 Å². The molecule has 2 rings (SSSR count). The van der Waals surface area contributed by atoms with E-state index in [0.717, 1.165) is 0 Å². The molecular weight excluding hydrogens is 494 g/mol. The molecule has 0 spiro atoms. The number of nitrogens with zero attached hydrogens (tertiary/aromatic N) is 2. The molecule has 0 N–H and O–H groups in total. The molecule has 0 saturated heterocycles. The average molecular weight is 504 g/mol. The molecule has 32 heavy (non-hydrogen) atoms. The van der Waals surface area contributed by atoms with Gasteiger partial charge in [0, 0.05) is 5.56 Å². The molecule has 0 heterocycles. The van der Waals surface area contributed by atoms with Crippen molar-refractivity contribution >= 4 is 31.7 Å². The largest absolute Gasteiger partial charge is 0.741 e. The Morgan fingerprint density at radius 2 is 1.16 bits per heavy atom. The third-order valence-corrected chi connectivity index (χ3v) is 4.68. The van der Waals surface area contributed by atoms with Crippen LogP contribution in [0.4, 0.5) is 26.3 Å². The Morgan fingerprint density at radius 3 is 1.47 bits per heavy atom. The minimum Gasteiger partial charge on any atom is -0.741 e. The lowest BCUT2D eigenvalue weighted by Gasteiger charge is -2.11. The molecular formula is C16H10F6N2O6S2. The normalized spacial score (nSPS) is 13.2. The number of benzene rings is 2. The first-order chi connectivity index (χ1) is 14.5. The van der Waals surface area contributed by atoms with E-state index in [-0.39, 0.29) is 11.1 Å². The highest BCUT2D eigenvalue weighted by Crippen LogP contribution is 2.34. The number of hydrogen-bond donors (Lipinski definition) is 0. The minimum absolute atomic E-state index is 0.00183. The van der Waals surface area contributed by atoms with Crippen molar-refractivity contribution in [3.63, 3.8) is 0 Å². The van der Waals surface area contributed by atoms with Gasteiger partial charge in [-0.1, -0.05) is 48.5 Å². The summed E-state index contributed by atoms with van der Waals surface area (Å²) < 4.78 is 124. The summed E-state index contributed by atoms with van der Waals surface area (Å²) in [6.45, 7) is 0. The van der Waals surface area contributed by atoms with Gasteiger partial charge in [-0.05, 0) is 12.1 Å². The Kier molecular flexibility index (Phi) is 8.38. The van der Waals surface area contributed by atoms with Gasteiger partial charge in [-0.2, -0.15) is 34.8 Å². The summed E-state index contributed by atoms with van der Waals surface area (Å²) in [5.41, 5.74) is -11.5. The highest BCUT2D eigenvalue weighted by molar-refractivity contribution is 7.87. The van der Waals surface area contributed by atoms with Gasteiger partial charge in [-0.15, -0.1) is 0 Å². The Labute approximate surface area is 177 Å². The average Bonchev–Trinajstić information content (AvgIpc) is 2.67. The van der Waals surface area contributed by atoms with E-state index in [9.17, 15) is 40.2 Å². The van der Waals surface area contributed by atoms with E-state index in [1.54, 1.807) is 24.3 Å². The molecule has 0 fully saturated rings. The van der Waals surface area contributed by atoms with Crippen LogP contribution >= 0.6 is 0 Å². The molecule has 2 aromatic carbocycles. The van der Waals surface area contributed by atoms with Crippen LogP contribution in [0.3, 0.4) is 0 Å². The predicted molar refractivity (Wildman–Crippen MR) is 96.6 cm³/mol. The molecule has 0 aliphatic rings. The maximum absolute atomic E-state index is 12.7. The quantitative estimate of drug-likeness (QED) is 0.116. The third-order valence-electron chi connectivity index (χ3n) is 3.16. The highest BCUT2D eigenvalue weighted by Gasteiger charge is 2.50. The van der Waals surface area contributed by atoms with Crippen LogP contribution in [0.5, 0.6) is 0 Å². The number of diazo groups is 1. The Bertz CT molecular complexity index is 1200. The molecule has 0 atom stereocenters. The smallest absolute Gasteiger partial charge is 0.534 e. The molecule has 0 aliphatic heterocycles. The van der Waals surface area contributed by atoms with Crippen molar-refractivity contribution in [1.82, 2.24) is 0 Å². The molecule has 0 amide bonds. The van der Waals surface area contributed by atoms with Crippen LogP contribution in [-0.4, -0.2) is 32.4 Å². The van der Waals surface area contributed by atoms with Crippen LogP contribution in [0.2, 0.25) is 0 Å². The van der Waals surface area contributed by atoms with Gasteiger partial charge in [-0.25, -0.2) is 8.42 Å². The van der Waals surface area contributed by atoms with Crippen molar-refractivity contribution in [2.45, 2.75) is 11.0 Å². The summed E-state index contributed by atoms with van der Waals surface area (Å²) in [6, 6.07) is 14.8. The van der Waals surface area contributed by atoms with E-state index in [1.807, 2.05) is 0 Å². The zero-order valence-corrected chi connectivity index (χ0v) is 16.8. The van der Waals surface area contributed by atoms with Crippen molar-refractivity contribution in [3.8, 4) is 0 Å². The Balaban J connectivity index is 0.000000547. The second-order valence-corrected chi connectivity index (χ2v) is 8.30. The van der Waals surface area contributed by atoms with Crippen LogP contribution < -0.4 is 0 Å². The molecule has 0 unspecified atom stereocenters. The van der Waals surface area contributed by atoms with Crippen molar-refractivity contribution in [1.29, 1.82) is 5.39 Å². The van der Waals surface area contributed by atoms with E-state index in [2.05, 4.69) is 9.16 Å². The predicted octanol–water partition coefficient (Wildman–Crippen LogP) is 4.28. The molecule has 0 saturated carbocycles. The second-order valence-electron chi connectivity index (χ2n) is 5.39. The summed E-state index contributed by atoms with van der Waals surface area (Å²) >= 11 is 0. The van der Waals surface area contributed by atoms with Gasteiger partial charge < -0.3 is 8.74 Å². The van der Waals surface area contributed by atoms with Crippen molar-refractivity contribution in [2.24, 2.45) is 0 Å². The van der Waals surface area contributed by atoms with E-state index in [1.165, 1.54) is 36.4 Å². The summed E-state index contributed by atoms with van der Waals surface area (Å²) in [5.74, 6) is -0.735. The first-order valence-electron chi connectivity index (χ1n) is 7.74. The van der Waals surface area contributed by atoms with Gasteiger partial charge >= 0.3 is 26.8 Å². The van der Waals surface area contributed by atoms with E-state index in [0.29, 0.717) is 0 Å². The summed E-state index contributed by atoms with van der Waals surface area (Å²) in [4.78, 5) is 2.92. The first-order valence-corrected chi connectivity index (χ1v) is 10.6. The van der Waals surface area contributed by atoms with Crippen LogP contribution in [0.1, 0.15) is 11.1 Å². The van der Waals surface area contributed by atoms with Gasteiger partial charge in [-0.3, -0.25) is 0 Å². The molecule has 0 radical (unpaired) electrons. The summed E-state index contributed by atoms with van der Waals surface area (Å²) in [7, 11) is -12.0. The van der Waals surface area contributed by atoms with Gasteiger partial charge in [0.25, 0.3) is 0 Å². The molecule has 174 valence electrons. The zero-order valence-electron chi connectivity index (χ0n) is 15.2. The van der Waals surface area contributed by atoms with Gasteiger partial charge in [0.1, 0.15) is 0 Å². The molecule has 8 nitrogen and oxygen atoms in total. The third kappa shape index (κ3) is 7.21. The maximum Gasteiger partial charge on any atom is 0.534 e. The van der Waals surface area contributed by atoms with Crippen molar-refractivity contribution < 1.29 is 51.9 Å². The monoisotopic (exact) mass is 504 g/mol. The molecule has 16 heteroatoms. The SMILES string of the molecule is N#[N+]/C(=C(/OS(=O)(=O)C(F)(F)F)c1ccccc1)c1ccccc1.O=S(=O)([O-])C(F)(F)F. The topological polar surface area (TPSA) is 129 Å². The molecule has 0 aromatic heterocycles. The van der Waals surface area contributed by atoms with Crippen LogP contribution in [0, 0.1) is 5.39 Å². The fraction of sp³-hybridized carbons (Fsp3) is 0.125. The summed E-state index contributed by atoms with van der Waals surface area (Å²) in [6.07, 6.45) is 0. The number of halogens is 6. The number of hydrogen-bond acceptors (Lipinski definition) is 7. The number of rotatable bonds is 4. The minimum atomic E-state index is -6.09. The van der Waals surface area contributed by atoms with Gasteiger partial charge in [0.2, 0.25) is 11.2 Å². The molecule has 0 aliphatic carbocycles. The molecule has 2 aromatic rings. The highest BCUT2D eigenvalue weighted by atomic mass is 32.2. The van der Waals surface area contributed by atoms with Crippen LogP contribution in [0.25, 0.3) is 16.4 Å². The maximum atomic E-state index is 12.7. The van der Waals surface area contributed by atoms with Gasteiger partial charge in [0.15, 0.2) is 15.1 Å². The Hall–Kier alpha value is -3.16. The van der Waals surface area contributed by atoms with E-state index >= 15 is 0 Å². The van der Waals surface area contributed by atoms with E-state index < -0.39 is 42.7 Å². The Morgan fingerprint density at radius 1 is 0.781 bits per heavy atom. The van der Waals surface area contributed by atoms with Crippen LogP contribution in [0.15, 0.2) is 60.7 Å². The second kappa shape index (κ2) is 9.97. The lowest BCUT2D eigenvalue weighted by molar-refractivity contribution is -0.0519. The van der Waals surface area contributed by atoms with Crippen molar-refractivity contribution in [2.75, 3.05) is 0 Å². The standard InChI is InChI=1S/C15H10F3N2O3S.CHF3O3S/c16-15(17,18)24(21,22)23-14(12-9-5-2-6-10-12)13(20-19)11-7-3-1-4-8-11;2-1(3,4)8(5,6)7/h1-10H;(H,5,6,7)/q+1;/p-1/b14-13+;. The fourth-order valence-corrected chi connectivity index (χ4v) is 2.29. The van der Waals surface area contributed by atoms with Crippen LogP contribution in [-0.2, 0) is 24.4 Å². The van der Waals surface area contributed by atoms with Crippen molar-refractivity contribution in [3.05, 3.63) is 76.8 Å². The zero-order chi connectivity index (χ0) is 24.8. The van der Waals surface area contributed by atoms with E-state index in [4.69, 9.17) is 13.0 Å².